The molecule has 1 heterocycles. The number of hydrogen-bond donors (Lipinski definition) is 2. The Bertz CT molecular complexity index is 400. The van der Waals surface area contributed by atoms with Crippen molar-refractivity contribution in [3.63, 3.8) is 0 Å². The molecule has 2 rings (SSSR count). The van der Waals surface area contributed by atoms with E-state index < -0.39 is 12.0 Å². The predicted octanol–water partition coefficient (Wildman–Crippen LogP) is 1.96. The lowest BCUT2D eigenvalue weighted by Crippen LogP contribution is -2.30. The van der Waals surface area contributed by atoms with Gasteiger partial charge in [0.2, 0.25) is 0 Å². The highest BCUT2D eigenvalue weighted by Gasteiger charge is 2.30. The molecule has 0 unspecified atom stereocenters. The molecule has 2 N–H and O–H groups in total. The van der Waals surface area contributed by atoms with Gasteiger partial charge in [-0.25, -0.2) is 0 Å². The zero-order valence-electron chi connectivity index (χ0n) is 8.93. The van der Waals surface area contributed by atoms with Gasteiger partial charge in [0.15, 0.2) is 0 Å². The zero-order valence-corrected chi connectivity index (χ0v) is 10.5. The molecule has 1 saturated heterocycles. The summed E-state index contributed by atoms with van der Waals surface area (Å²) in [4.78, 5) is 10.7. The Kier molecular flexibility index (Phi) is 5.05. The number of nitrogens with one attached hydrogen (secondary N) is 1. The van der Waals surface area contributed by atoms with Gasteiger partial charge in [0.25, 0.3) is 0 Å². The highest BCUT2D eigenvalue weighted by Crippen LogP contribution is 2.21. The van der Waals surface area contributed by atoms with Crippen molar-refractivity contribution in [3.05, 3.63) is 29.3 Å². The standard InChI is InChI=1S/C11H12ClNO3.ClH/c12-7-2-1-3-8(4-7)16-9-5-10(11(14)15)13-6-9;/h1-4,9-10,13H,5-6H2,(H,14,15);1H/t9-,10+;/m1./s1. The van der Waals surface area contributed by atoms with E-state index in [2.05, 4.69) is 5.32 Å². The summed E-state index contributed by atoms with van der Waals surface area (Å²) in [6, 6.07) is 6.58. The normalized spacial score (nSPS) is 22.9. The van der Waals surface area contributed by atoms with Crippen LogP contribution >= 0.6 is 24.0 Å². The number of carbonyl (C=O) groups is 1. The van der Waals surface area contributed by atoms with Gasteiger partial charge in [-0.1, -0.05) is 17.7 Å². The summed E-state index contributed by atoms with van der Waals surface area (Å²) in [6.45, 7) is 0.545. The van der Waals surface area contributed by atoms with E-state index in [1.807, 2.05) is 0 Å². The molecule has 1 aliphatic heterocycles. The van der Waals surface area contributed by atoms with E-state index in [4.69, 9.17) is 21.4 Å². The molecule has 0 bridgehead atoms. The molecule has 1 aliphatic rings. The van der Waals surface area contributed by atoms with Gasteiger partial charge in [-0.15, -0.1) is 12.4 Å². The SMILES string of the molecule is Cl.O=C(O)[C@@H]1C[C@@H](Oc2cccc(Cl)c2)CN1. The molecule has 6 heteroatoms. The predicted molar refractivity (Wildman–Crippen MR) is 67.2 cm³/mol. The fourth-order valence-electron chi connectivity index (χ4n) is 1.71. The lowest BCUT2D eigenvalue weighted by molar-refractivity contribution is -0.139. The van der Waals surface area contributed by atoms with Crippen LogP contribution in [0.4, 0.5) is 0 Å². The first-order valence-electron chi connectivity index (χ1n) is 5.03. The molecule has 0 amide bonds. The van der Waals surface area contributed by atoms with Gasteiger partial charge in [0, 0.05) is 18.0 Å². The monoisotopic (exact) mass is 277 g/mol. The number of benzene rings is 1. The first-order chi connectivity index (χ1) is 7.65. The summed E-state index contributed by atoms with van der Waals surface area (Å²) in [6.07, 6.45) is 0.363. The Morgan fingerprint density at radius 2 is 2.29 bits per heavy atom. The highest BCUT2D eigenvalue weighted by atomic mass is 35.5. The van der Waals surface area contributed by atoms with Crippen LogP contribution in [0.5, 0.6) is 5.75 Å². The summed E-state index contributed by atoms with van der Waals surface area (Å²) in [7, 11) is 0. The quantitative estimate of drug-likeness (QED) is 0.887. The van der Waals surface area contributed by atoms with Gasteiger partial charge in [-0.3, -0.25) is 4.79 Å². The van der Waals surface area contributed by atoms with Gasteiger partial charge in [-0.2, -0.15) is 0 Å². The maximum absolute atomic E-state index is 10.7. The third kappa shape index (κ3) is 3.77. The Balaban J connectivity index is 0.00000144. The summed E-state index contributed by atoms with van der Waals surface area (Å²) in [5.74, 6) is -0.164. The zero-order chi connectivity index (χ0) is 11.5. The second-order valence-electron chi connectivity index (χ2n) is 3.73. The second kappa shape index (κ2) is 6.10. The molecule has 4 nitrogen and oxygen atoms in total. The van der Waals surface area contributed by atoms with Crippen molar-refractivity contribution in [1.29, 1.82) is 0 Å². The van der Waals surface area contributed by atoms with E-state index in [-0.39, 0.29) is 18.5 Å². The third-order valence-corrected chi connectivity index (χ3v) is 2.72. The average molecular weight is 278 g/mol. The molecule has 0 aromatic heterocycles. The topological polar surface area (TPSA) is 58.6 Å². The lowest BCUT2D eigenvalue weighted by Gasteiger charge is -2.12. The fourth-order valence-corrected chi connectivity index (χ4v) is 1.89. The Labute approximate surface area is 110 Å². The van der Waals surface area contributed by atoms with E-state index >= 15 is 0 Å². The summed E-state index contributed by atoms with van der Waals surface area (Å²) in [5.41, 5.74) is 0. The number of rotatable bonds is 3. The van der Waals surface area contributed by atoms with Crippen LogP contribution in [-0.2, 0) is 4.79 Å². The van der Waals surface area contributed by atoms with Crippen molar-refractivity contribution in [2.45, 2.75) is 18.6 Å². The van der Waals surface area contributed by atoms with Crippen LogP contribution in [0.3, 0.4) is 0 Å². The van der Waals surface area contributed by atoms with Gasteiger partial charge in [0.05, 0.1) is 0 Å². The summed E-state index contributed by atoms with van der Waals surface area (Å²) < 4.78 is 5.63. The van der Waals surface area contributed by atoms with E-state index in [1.165, 1.54) is 0 Å². The van der Waals surface area contributed by atoms with Gasteiger partial charge in [-0.05, 0) is 18.2 Å². The molecule has 2 atom stereocenters. The van der Waals surface area contributed by atoms with Crippen LogP contribution in [-0.4, -0.2) is 29.8 Å². The average Bonchev–Trinajstić information content (AvgIpc) is 2.66. The third-order valence-electron chi connectivity index (χ3n) is 2.49. The number of carboxylic acids is 1. The molecular formula is C11H13Cl2NO3. The molecule has 1 fully saturated rings. The van der Waals surface area contributed by atoms with Crippen LogP contribution in [0.25, 0.3) is 0 Å². The fraction of sp³-hybridized carbons (Fsp3) is 0.364. The Morgan fingerprint density at radius 1 is 1.53 bits per heavy atom. The van der Waals surface area contributed by atoms with Crippen LogP contribution in [0, 0.1) is 0 Å². The van der Waals surface area contributed by atoms with Crippen molar-refractivity contribution >= 4 is 30.0 Å². The summed E-state index contributed by atoms with van der Waals surface area (Å²) >= 11 is 5.82. The van der Waals surface area contributed by atoms with Crippen molar-refractivity contribution in [1.82, 2.24) is 5.32 Å². The number of carboxylic acid groups (broad SMARTS) is 1. The Morgan fingerprint density at radius 3 is 2.88 bits per heavy atom. The number of hydrogen-bond acceptors (Lipinski definition) is 3. The number of ether oxygens (including phenoxy) is 1. The van der Waals surface area contributed by atoms with Crippen LogP contribution in [0.2, 0.25) is 5.02 Å². The number of aliphatic carboxylic acids is 1. The smallest absolute Gasteiger partial charge is 0.320 e. The van der Waals surface area contributed by atoms with E-state index in [0.29, 0.717) is 23.7 Å². The van der Waals surface area contributed by atoms with E-state index in [9.17, 15) is 4.79 Å². The van der Waals surface area contributed by atoms with Gasteiger partial charge >= 0.3 is 5.97 Å². The Hall–Kier alpha value is -0.970. The molecule has 0 aliphatic carbocycles. The molecule has 0 radical (unpaired) electrons. The minimum absolute atomic E-state index is 0. The maximum Gasteiger partial charge on any atom is 0.320 e. The van der Waals surface area contributed by atoms with Crippen LogP contribution in [0.15, 0.2) is 24.3 Å². The van der Waals surface area contributed by atoms with E-state index in [1.54, 1.807) is 24.3 Å². The first kappa shape index (κ1) is 14.1. The van der Waals surface area contributed by atoms with Crippen molar-refractivity contribution in [3.8, 4) is 5.75 Å². The molecule has 0 spiro atoms. The summed E-state index contributed by atoms with van der Waals surface area (Å²) in [5, 5.41) is 12.3. The molecular weight excluding hydrogens is 265 g/mol. The lowest BCUT2D eigenvalue weighted by atomic mass is 10.2. The minimum atomic E-state index is -0.836. The molecule has 1 aromatic carbocycles. The molecule has 17 heavy (non-hydrogen) atoms. The van der Waals surface area contributed by atoms with Gasteiger partial charge < -0.3 is 15.2 Å². The maximum atomic E-state index is 10.7. The molecule has 0 saturated carbocycles. The minimum Gasteiger partial charge on any atom is -0.489 e. The molecule has 94 valence electrons. The second-order valence-corrected chi connectivity index (χ2v) is 4.17. The highest BCUT2D eigenvalue weighted by molar-refractivity contribution is 6.30. The first-order valence-corrected chi connectivity index (χ1v) is 5.41. The van der Waals surface area contributed by atoms with E-state index in [0.717, 1.165) is 0 Å². The van der Waals surface area contributed by atoms with Crippen molar-refractivity contribution in [2.75, 3.05) is 6.54 Å². The van der Waals surface area contributed by atoms with Crippen molar-refractivity contribution in [2.24, 2.45) is 0 Å². The largest absolute Gasteiger partial charge is 0.489 e. The van der Waals surface area contributed by atoms with Crippen molar-refractivity contribution < 1.29 is 14.6 Å². The van der Waals surface area contributed by atoms with Crippen LogP contribution < -0.4 is 10.1 Å². The molecule has 1 aromatic rings. The van der Waals surface area contributed by atoms with Gasteiger partial charge in [0.1, 0.15) is 17.9 Å². The number of halogens is 2. The van der Waals surface area contributed by atoms with Crippen LogP contribution in [0.1, 0.15) is 6.42 Å².